The predicted octanol–water partition coefficient (Wildman–Crippen LogP) is 9.17. The van der Waals surface area contributed by atoms with Gasteiger partial charge in [0, 0.05) is 4.90 Å². The summed E-state index contributed by atoms with van der Waals surface area (Å²) in [5, 5.41) is 0. The number of carbonyl (C=O) groups excluding carboxylic acids is 1. The van der Waals surface area contributed by atoms with Crippen molar-refractivity contribution in [2.24, 2.45) is 0 Å². The number of thiol groups is 1. The number of ether oxygens (including phenoxy) is 1. The molecule has 0 aromatic heterocycles. The van der Waals surface area contributed by atoms with Crippen molar-refractivity contribution < 1.29 is 9.53 Å². The van der Waals surface area contributed by atoms with E-state index in [1.54, 1.807) is 6.07 Å². The molecule has 0 spiro atoms. The largest absolute Gasteiger partial charge is 0.459 e. The van der Waals surface area contributed by atoms with Crippen LogP contribution in [0.4, 0.5) is 0 Å². The lowest BCUT2D eigenvalue weighted by Gasteiger charge is -2.14. The molecule has 0 saturated carbocycles. The highest BCUT2D eigenvalue weighted by molar-refractivity contribution is 7.80. The zero-order valence-corrected chi connectivity index (χ0v) is 20.6. The Morgan fingerprint density at radius 2 is 1.20 bits per heavy atom. The van der Waals surface area contributed by atoms with Crippen molar-refractivity contribution in [3.63, 3.8) is 0 Å². The van der Waals surface area contributed by atoms with Crippen LogP contribution in [0.25, 0.3) is 0 Å². The van der Waals surface area contributed by atoms with Crippen molar-refractivity contribution in [1.29, 1.82) is 0 Å². The summed E-state index contributed by atoms with van der Waals surface area (Å²) < 4.78 is 5.55. The van der Waals surface area contributed by atoms with E-state index in [1.807, 2.05) is 25.1 Å². The summed E-state index contributed by atoms with van der Waals surface area (Å²) >= 11 is 4.33. The average molecular weight is 435 g/mol. The molecule has 0 radical (unpaired) electrons. The van der Waals surface area contributed by atoms with Gasteiger partial charge in [-0.3, -0.25) is 0 Å². The minimum atomic E-state index is -0.260. The van der Waals surface area contributed by atoms with Crippen molar-refractivity contribution in [3.8, 4) is 0 Å². The zero-order valence-electron chi connectivity index (χ0n) is 19.7. The topological polar surface area (TPSA) is 26.3 Å². The molecule has 0 aliphatic carbocycles. The van der Waals surface area contributed by atoms with E-state index in [-0.39, 0.29) is 12.1 Å². The molecule has 30 heavy (non-hydrogen) atoms. The molecule has 1 unspecified atom stereocenters. The van der Waals surface area contributed by atoms with Crippen LogP contribution in [0.1, 0.15) is 133 Å². The van der Waals surface area contributed by atoms with Crippen molar-refractivity contribution in [1.82, 2.24) is 0 Å². The summed E-state index contributed by atoms with van der Waals surface area (Å²) in [6.45, 7) is 4.27. The second-order valence-corrected chi connectivity index (χ2v) is 9.31. The summed E-state index contributed by atoms with van der Waals surface area (Å²) in [5.74, 6) is -0.260. The number of carbonyl (C=O) groups is 1. The third kappa shape index (κ3) is 14.1. The number of hydrogen-bond acceptors (Lipinski definition) is 3. The lowest BCUT2D eigenvalue weighted by molar-refractivity contribution is 0.0315. The number of esters is 1. The van der Waals surface area contributed by atoms with E-state index in [4.69, 9.17) is 4.74 Å². The second kappa shape index (κ2) is 18.8. The van der Waals surface area contributed by atoms with Gasteiger partial charge in [0.15, 0.2) is 0 Å². The molecule has 0 N–H and O–H groups in total. The fourth-order valence-corrected chi connectivity index (χ4v) is 4.18. The van der Waals surface area contributed by atoms with E-state index in [9.17, 15) is 4.79 Å². The van der Waals surface area contributed by atoms with Crippen LogP contribution in [0.3, 0.4) is 0 Å². The Labute approximate surface area is 192 Å². The first-order valence-electron chi connectivity index (χ1n) is 12.6. The highest BCUT2D eigenvalue weighted by atomic mass is 32.1. The van der Waals surface area contributed by atoms with Crippen LogP contribution in [0.5, 0.6) is 0 Å². The molecule has 0 bridgehead atoms. The maximum atomic E-state index is 12.2. The molecular formula is C27H46O2S. The Bertz CT molecular complexity index is 543. The van der Waals surface area contributed by atoms with Gasteiger partial charge in [0.25, 0.3) is 0 Å². The number of unbranched alkanes of at least 4 members (excludes halogenated alkanes) is 15. The number of rotatable bonds is 19. The van der Waals surface area contributed by atoms with Gasteiger partial charge in [0.05, 0.1) is 11.7 Å². The first-order valence-corrected chi connectivity index (χ1v) is 13.1. The minimum Gasteiger partial charge on any atom is -0.459 e. The fraction of sp³-hybridized carbons (Fsp3) is 0.741. The average Bonchev–Trinajstić information content (AvgIpc) is 2.73. The van der Waals surface area contributed by atoms with Crippen molar-refractivity contribution in [3.05, 3.63) is 29.8 Å². The van der Waals surface area contributed by atoms with Crippen molar-refractivity contribution >= 4 is 18.6 Å². The summed E-state index contributed by atoms with van der Waals surface area (Å²) in [5.41, 5.74) is 0.555. The van der Waals surface area contributed by atoms with Crippen LogP contribution in [0.2, 0.25) is 0 Å². The van der Waals surface area contributed by atoms with Gasteiger partial charge >= 0.3 is 5.97 Å². The van der Waals surface area contributed by atoms with Gasteiger partial charge < -0.3 is 4.74 Å². The van der Waals surface area contributed by atoms with Crippen LogP contribution in [0.15, 0.2) is 29.2 Å². The fourth-order valence-electron chi connectivity index (χ4n) is 3.93. The van der Waals surface area contributed by atoms with Crippen molar-refractivity contribution in [2.45, 2.75) is 134 Å². The zero-order chi connectivity index (χ0) is 21.9. The monoisotopic (exact) mass is 434 g/mol. The Morgan fingerprint density at radius 3 is 1.67 bits per heavy atom. The molecule has 1 aromatic carbocycles. The molecule has 0 fully saturated rings. The van der Waals surface area contributed by atoms with Gasteiger partial charge in [-0.25, -0.2) is 4.79 Å². The Morgan fingerprint density at radius 1 is 0.767 bits per heavy atom. The normalized spacial score (nSPS) is 12.1. The highest BCUT2D eigenvalue weighted by Crippen LogP contribution is 2.17. The number of benzene rings is 1. The molecule has 0 amide bonds. The van der Waals surface area contributed by atoms with Gasteiger partial charge in [-0.2, -0.15) is 0 Å². The molecular weight excluding hydrogens is 388 g/mol. The smallest absolute Gasteiger partial charge is 0.339 e. The first kappa shape index (κ1) is 27.1. The maximum absolute atomic E-state index is 12.2. The molecule has 1 atom stereocenters. The van der Waals surface area contributed by atoms with Gasteiger partial charge in [-0.15, -0.1) is 12.6 Å². The summed E-state index contributed by atoms with van der Waals surface area (Å²) in [6.07, 6.45) is 22.9. The lowest BCUT2D eigenvalue weighted by atomic mass is 10.0. The van der Waals surface area contributed by atoms with Crippen LogP contribution in [0, 0.1) is 0 Å². The van der Waals surface area contributed by atoms with E-state index in [1.165, 1.54) is 96.3 Å². The maximum Gasteiger partial charge on any atom is 0.339 e. The molecule has 0 aliphatic heterocycles. The predicted molar refractivity (Wildman–Crippen MR) is 133 cm³/mol. The Kier molecular flexibility index (Phi) is 16.9. The van der Waals surface area contributed by atoms with Crippen LogP contribution < -0.4 is 0 Å². The molecule has 3 heteroatoms. The molecule has 0 heterocycles. The summed E-state index contributed by atoms with van der Waals surface area (Å²) in [6, 6.07) is 7.31. The highest BCUT2D eigenvalue weighted by Gasteiger charge is 2.13. The van der Waals surface area contributed by atoms with Crippen LogP contribution >= 0.6 is 12.6 Å². The van der Waals surface area contributed by atoms with Crippen molar-refractivity contribution in [2.75, 3.05) is 0 Å². The molecule has 172 valence electrons. The summed E-state index contributed by atoms with van der Waals surface area (Å²) in [4.78, 5) is 12.9. The third-order valence-corrected chi connectivity index (χ3v) is 6.29. The van der Waals surface area contributed by atoms with E-state index in [0.717, 1.165) is 12.8 Å². The SMILES string of the molecule is CCCCCCCCCCCCCCCCCCC(C)OC(=O)c1ccccc1S. The molecule has 2 nitrogen and oxygen atoms in total. The van der Waals surface area contributed by atoms with Gasteiger partial charge in [0.2, 0.25) is 0 Å². The second-order valence-electron chi connectivity index (χ2n) is 8.83. The molecule has 0 saturated heterocycles. The van der Waals surface area contributed by atoms with Crippen LogP contribution in [-0.2, 0) is 4.74 Å². The first-order chi connectivity index (χ1) is 14.6. The van der Waals surface area contributed by atoms with E-state index in [2.05, 4.69) is 19.6 Å². The van der Waals surface area contributed by atoms with Crippen LogP contribution in [-0.4, -0.2) is 12.1 Å². The molecule has 1 aromatic rings. The lowest BCUT2D eigenvalue weighted by Crippen LogP contribution is -2.15. The van der Waals surface area contributed by atoms with Gasteiger partial charge in [-0.1, -0.05) is 115 Å². The Hall–Kier alpha value is -0.960. The summed E-state index contributed by atoms with van der Waals surface area (Å²) in [7, 11) is 0. The van der Waals surface area contributed by atoms with E-state index in [0.29, 0.717) is 10.5 Å². The Balaban J connectivity index is 1.86. The van der Waals surface area contributed by atoms with E-state index < -0.39 is 0 Å². The standard InChI is InChI=1S/C27H46O2S/c1-3-4-5-6-7-8-9-10-11-12-13-14-15-16-17-18-21-24(2)29-27(28)25-22-19-20-23-26(25)30/h19-20,22-24,30H,3-18,21H2,1-2H3. The van der Waals surface area contributed by atoms with Gasteiger partial charge in [-0.05, 0) is 31.9 Å². The number of hydrogen-bond donors (Lipinski definition) is 1. The molecule has 0 aliphatic rings. The molecule has 1 rings (SSSR count). The van der Waals surface area contributed by atoms with Gasteiger partial charge in [0.1, 0.15) is 0 Å². The minimum absolute atomic E-state index is 0.0305. The van der Waals surface area contributed by atoms with E-state index >= 15 is 0 Å². The third-order valence-electron chi connectivity index (χ3n) is 5.90. The quantitative estimate of drug-likeness (QED) is 0.133.